The molecule has 1 amide bonds. The van der Waals surface area contributed by atoms with Gasteiger partial charge in [-0.15, -0.1) is 0 Å². The molecule has 1 aliphatic heterocycles. The van der Waals surface area contributed by atoms with Crippen molar-refractivity contribution in [2.24, 2.45) is 0 Å². The summed E-state index contributed by atoms with van der Waals surface area (Å²) in [6.45, 7) is 5.03. The van der Waals surface area contributed by atoms with Gasteiger partial charge in [-0.2, -0.15) is 0 Å². The second-order valence-corrected chi connectivity index (χ2v) is 7.29. The van der Waals surface area contributed by atoms with E-state index in [4.69, 9.17) is 9.47 Å². The minimum absolute atomic E-state index is 0.0635. The van der Waals surface area contributed by atoms with Gasteiger partial charge >= 0.3 is 0 Å². The first-order valence-corrected chi connectivity index (χ1v) is 9.76. The van der Waals surface area contributed by atoms with E-state index in [0.717, 1.165) is 23.4 Å². The van der Waals surface area contributed by atoms with Crippen LogP contribution in [-0.4, -0.2) is 36.1 Å². The van der Waals surface area contributed by atoms with Crippen LogP contribution in [0, 0.1) is 11.6 Å². The van der Waals surface area contributed by atoms with E-state index in [-0.39, 0.29) is 18.1 Å². The van der Waals surface area contributed by atoms with E-state index in [9.17, 15) is 13.6 Å². The lowest BCUT2D eigenvalue weighted by Crippen LogP contribution is -2.41. The van der Waals surface area contributed by atoms with E-state index < -0.39 is 11.6 Å². The molecular weight excluding hydrogens is 376 g/mol. The van der Waals surface area contributed by atoms with Crippen molar-refractivity contribution >= 4 is 12.0 Å². The predicted molar refractivity (Wildman–Crippen MR) is 108 cm³/mol. The molecule has 0 spiro atoms. The smallest absolute Gasteiger partial charge is 0.246 e. The molecule has 1 saturated heterocycles. The minimum atomic E-state index is -0.928. The summed E-state index contributed by atoms with van der Waals surface area (Å²) in [5.41, 5.74) is 0.896. The summed E-state index contributed by atoms with van der Waals surface area (Å²) in [7, 11) is 0. The first-order valence-electron chi connectivity index (χ1n) is 9.76. The molecule has 0 atom stereocenters. The van der Waals surface area contributed by atoms with Crippen LogP contribution in [0.1, 0.15) is 32.3 Å². The van der Waals surface area contributed by atoms with Crippen molar-refractivity contribution in [3.63, 3.8) is 0 Å². The Kier molecular flexibility index (Phi) is 6.86. The average Bonchev–Trinajstić information content (AvgIpc) is 2.69. The molecule has 1 heterocycles. The fourth-order valence-electron chi connectivity index (χ4n) is 3.17. The maximum Gasteiger partial charge on any atom is 0.246 e. The fourth-order valence-corrected chi connectivity index (χ4v) is 3.17. The molecule has 1 aliphatic rings. The normalized spacial score (nSPS) is 15.1. The zero-order valence-electron chi connectivity index (χ0n) is 16.6. The number of ether oxygens (including phenoxy) is 2. The van der Waals surface area contributed by atoms with Gasteiger partial charge in [-0.3, -0.25) is 4.79 Å². The molecule has 2 aromatic carbocycles. The third-order valence-electron chi connectivity index (χ3n) is 4.60. The number of piperidine rings is 1. The molecule has 4 nitrogen and oxygen atoms in total. The van der Waals surface area contributed by atoms with E-state index in [2.05, 4.69) is 0 Å². The van der Waals surface area contributed by atoms with Crippen molar-refractivity contribution in [2.75, 3.05) is 13.1 Å². The van der Waals surface area contributed by atoms with Crippen LogP contribution in [0.3, 0.4) is 0 Å². The van der Waals surface area contributed by atoms with Gasteiger partial charge in [0.2, 0.25) is 5.91 Å². The van der Waals surface area contributed by atoms with Crippen molar-refractivity contribution in [2.45, 2.75) is 38.9 Å². The van der Waals surface area contributed by atoms with Crippen molar-refractivity contribution in [1.29, 1.82) is 0 Å². The van der Waals surface area contributed by atoms with Crippen LogP contribution in [-0.2, 0) is 4.79 Å². The maximum absolute atomic E-state index is 13.3. The van der Waals surface area contributed by atoms with Crippen LogP contribution < -0.4 is 9.47 Å². The molecule has 2 aromatic rings. The summed E-state index contributed by atoms with van der Waals surface area (Å²) in [6.07, 6.45) is 4.57. The number of rotatable bonds is 6. The van der Waals surface area contributed by atoms with Gasteiger partial charge in [-0.1, -0.05) is 12.1 Å². The number of nitrogens with zero attached hydrogens (tertiary/aromatic N) is 1. The zero-order valence-corrected chi connectivity index (χ0v) is 16.6. The molecule has 0 aromatic heterocycles. The quantitative estimate of drug-likeness (QED) is 0.651. The van der Waals surface area contributed by atoms with Crippen LogP contribution in [0.5, 0.6) is 11.5 Å². The van der Waals surface area contributed by atoms with Crippen LogP contribution in [0.2, 0.25) is 0 Å². The Bertz CT molecular complexity index is 874. The molecular formula is C23H25F2NO3. The molecule has 6 heteroatoms. The summed E-state index contributed by atoms with van der Waals surface area (Å²) >= 11 is 0. The standard InChI is InChI=1S/C23H25F2NO3/c1-16(2)28-19-5-3-4-17(14-19)6-9-23(27)26-12-10-18(11-13-26)29-20-7-8-21(24)22(25)15-20/h3-9,14-16,18H,10-13H2,1-2H3/b9-6+. The van der Waals surface area contributed by atoms with Crippen molar-refractivity contribution < 1.29 is 23.0 Å². The Hall–Kier alpha value is -2.89. The Morgan fingerprint density at radius 2 is 1.83 bits per heavy atom. The van der Waals surface area contributed by atoms with Gasteiger partial charge in [-0.25, -0.2) is 8.78 Å². The van der Waals surface area contributed by atoms with Gasteiger partial charge in [0.05, 0.1) is 6.10 Å². The van der Waals surface area contributed by atoms with Gasteiger partial charge in [0.15, 0.2) is 11.6 Å². The van der Waals surface area contributed by atoms with Crippen LogP contribution in [0.4, 0.5) is 8.78 Å². The van der Waals surface area contributed by atoms with E-state index in [1.54, 1.807) is 17.1 Å². The number of halogens is 2. The van der Waals surface area contributed by atoms with Gasteiger partial charge in [0, 0.05) is 38.1 Å². The Balaban J connectivity index is 1.50. The number of hydrogen-bond acceptors (Lipinski definition) is 3. The minimum Gasteiger partial charge on any atom is -0.491 e. The fraction of sp³-hybridized carbons (Fsp3) is 0.348. The monoisotopic (exact) mass is 401 g/mol. The Labute approximate surface area is 169 Å². The summed E-state index contributed by atoms with van der Waals surface area (Å²) in [5.74, 6) is -0.817. The van der Waals surface area contributed by atoms with Gasteiger partial charge < -0.3 is 14.4 Å². The van der Waals surface area contributed by atoms with Gasteiger partial charge in [0.1, 0.15) is 17.6 Å². The lowest BCUT2D eigenvalue weighted by molar-refractivity contribution is -0.127. The highest BCUT2D eigenvalue weighted by atomic mass is 19.2. The second kappa shape index (κ2) is 9.54. The van der Waals surface area contributed by atoms with Crippen LogP contribution in [0.15, 0.2) is 48.5 Å². The molecule has 0 unspecified atom stereocenters. The lowest BCUT2D eigenvalue weighted by Gasteiger charge is -2.31. The third-order valence-corrected chi connectivity index (χ3v) is 4.60. The number of hydrogen-bond donors (Lipinski definition) is 0. The number of amides is 1. The zero-order chi connectivity index (χ0) is 20.8. The van der Waals surface area contributed by atoms with Crippen LogP contribution in [0.25, 0.3) is 6.08 Å². The molecule has 1 fully saturated rings. The molecule has 29 heavy (non-hydrogen) atoms. The largest absolute Gasteiger partial charge is 0.491 e. The summed E-state index contributed by atoms with van der Waals surface area (Å²) in [6, 6.07) is 11.1. The predicted octanol–water partition coefficient (Wildman–Crippen LogP) is 4.84. The highest BCUT2D eigenvalue weighted by Crippen LogP contribution is 2.22. The number of carbonyl (C=O) groups is 1. The van der Waals surface area contributed by atoms with Gasteiger partial charge in [-0.05, 0) is 49.8 Å². The second-order valence-electron chi connectivity index (χ2n) is 7.29. The molecule has 0 aliphatic carbocycles. The van der Waals surface area contributed by atoms with E-state index >= 15 is 0 Å². The topological polar surface area (TPSA) is 38.8 Å². The van der Waals surface area contributed by atoms with Gasteiger partial charge in [0.25, 0.3) is 0 Å². The molecule has 0 bridgehead atoms. The Morgan fingerprint density at radius 1 is 1.07 bits per heavy atom. The van der Waals surface area contributed by atoms with Crippen molar-refractivity contribution in [3.8, 4) is 11.5 Å². The van der Waals surface area contributed by atoms with Crippen molar-refractivity contribution in [3.05, 3.63) is 65.7 Å². The van der Waals surface area contributed by atoms with E-state index in [1.165, 1.54) is 6.07 Å². The molecule has 0 saturated carbocycles. The first kappa shape index (κ1) is 20.8. The highest BCUT2D eigenvalue weighted by molar-refractivity contribution is 5.91. The third kappa shape index (κ3) is 6.04. The lowest BCUT2D eigenvalue weighted by atomic mass is 10.1. The summed E-state index contributed by atoms with van der Waals surface area (Å²) in [4.78, 5) is 14.2. The summed E-state index contributed by atoms with van der Waals surface area (Å²) in [5, 5.41) is 0. The number of carbonyl (C=O) groups excluding carboxylic acids is 1. The van der Waals surface area contributed by atoms with Crippen LogP contribution >= 0.6 is 0 Å². The number of likely N-dealkylation sites (tertiary alicyclic amines) is 1. The maximum atomic E-state index is 13.3. The molecule has 3 rings (SSSR count). The van der Waals surface area contributed by atoms with Crippen molar-refractivity contribution in [1.82, 2.24) is 4.90 Å². The molecule has 0 N–H and O–H groups in total. The average molecular weight is 401 g/mol. The molecule has 154 valence electrons. The van der Waals surface area contributed by atoms with E-state index in [1.807, 2.05) is 38.1 Å². The number of benzene rings is 2. The first-order chi connectivity index (χ1) is 13.9. The highest BCUT2D eigenvalue weighted by Gasteiger charge is 2.23. The Morgan fingerprint density at radius 3 is 2.52 bits per heavy atom. The SMILES string of the molecule is CC(C)Oc1cccc(/C=C/C(=O)N2CCC(Oc3ccc(F)c(F)c3)CC2)c1. The molecule has 0 radical (unpaired) electrons. The van der Waals surface area contributed by atoms with E-state index in [0.29, 0.717) is 31.7 Å². The summed E-state index contributed by atoms with van der Waals surface area (Å²) < 4.78 is 37.7.